The van der Waals surface area contributed by atoms with Crippen molar-refractivity contribution in [3.8, 4) is 11.5 Å². The maximum atomic E-state index is 12.4. The molecule has 1 aromatic heterocycles. The van der Waals surface area contributed by atoms with Gasteiger partial charge in [-0.1, -0.05) is 66.7 Å². The van der Waals surface area contributed by atoms with E-state index in [1.807, 2.05) is 99.6 Å². The first-order chi connectivity index (χ1) is 18.0. The SMILES string of the molecule is Cc1nc(C)c(COC(=O)CCc2ccc(OCc3ccccc3)c(OCc3ccccc3)c2)nc1C. The van der Waals surface area contributed by atoms with Gasteiger partial charge < -0.3 is 14.2 Å². The summed E-state index contributed by atoms with van der Waals surface area (Å²) in [5, 5.41) is 0. The number of ether oxygens (including phenoxy) is 3. The van der Waals surface area contributed by atoms with Crippen molar-refractivity contribution in [3.63, 3.8) is 0 Å². The Hall–Kier alpha value is -4.19. The fourth-order valence-corrected chi connectivity index (χ4v) is 3.78. The predicted molar refractivity (Wildman–Crippen MR) is 142 cm³/mol. The molecule has 0 N–H and O–H groups in total. The number of aryl methyl sites for hydroxylation is 4. The van der Waals surface area contributed by atoms with Gasteiger partial charge in [0.15, 0.2) is 11.5 Å². The zero-order valence-corrected chi connectivity index (χ0v) is 21.6. The topological polar surface area (TPSA) is 70.5 Å². The quantitative estimate of drug-likeness (QED) is 0.229. The van der Waals surface area contributed by atoms with E-state index in [1.54, 1.807) is 0 Å². The molecule has 0 atom stereocenters. The van der Waals surface area contributed by atoms with Crippen LogP contribution in [0.5, 0.6) is 11.5 Å². The minimum absolute atomic E-state index is 0.122. The van der Waals surface area contributed by atoms with Crippen LogP contribution in [0.15, 0.2) is 78.9 Å². The lowest BCUT2D eigenvalue weighted by atomic mass is 10.1. The molecule has 0 radical (unpaired) electrons. The molecule has 0 saturated carbocycles. The number of benzene rings is 3. The van der Waals surface area contributed by atoms with Gasteiger partial charge in [-0.05, 0) is 56.0 Å². The van der Waals surface area contributed by atoms with Crippen LogP contribution in [0, 0.1) is 20.8 Å². The van der Waals surface area contributed by atoms with E-state index in [4.69, 9.17) is 14.2 Å². The van der Waals surface area contributed by atoms with Crippen molar-refractivity contribution in [1.82, 2.24) is 9.97 Å². The van der Waals surface area contributed by atoms with Crippen molar-refractivity contribution in [2.24, 2.45) is 0 Å². The van der Waals surface area contributed by atoms with Crippen LogP contribution >= 0.6 is 0 Å². The fraction of sp³-hybridized carbons (Fsp3) is 0.258. The van der Waals surface area contributed by atoms with Crippen molar-refractivity contribution in [2.75, 3.05) is 0 Å². The Labute approximate surface area is 218 Å². The number of carbonyl (C=O) groups is 1. The third-order valence-corrected chi connectivity index (χ3v) is 6.05. The molecule has 0 spiro atoms. The van der Waals surface area contributed by atoms with E-state index < -0.39 is 0 Å². The van der Waals surface area contributed by atoms with E-state index in [2.05, 4.69) is 9.97 Å². The lowest BCUT2D eigenvalue weighted by molar-refractivity contribution is -0.145. The van der Waals surface area contributed by atoms with Crippen LogP contribution in [0.1, 0.15) is 45.9 Å². The van der Waals surface area contributed by atoms with E-state index in [-0.39, 0.29) is 19.0 Å². The number of aromatic nitrogens is 2. The van der Waals surface area contributed by atoms with Gasteiger partial charge >= 0.3 is 5.97 Å². The van der Waals surface area contributed by atoms with Gasteiger partial charge in [0.2, 0.25) is 0 Å². The van der Waals surface area contributed by atoms with E-state index in [1.165, 1.54) is 0 Å². The summed E-state index contributed by atoms with van der Waals surface area (Å²) in [6, 6.07) is 25.8. The molecule has 0 aliphatic heterocycles. The summed E-state index contributed by atoms with van der Waals surface area (Å²) in [5.74, 6) is 1.03. The zero-order chi connectivity index (χ0) is 26.0. The van der Waals surface area contributed by atoms with Crippen molar-refractivity contribution in [1.29, 1.82) is 0 Å². The molecular weight excluding hydrogens is 464 g/mol. The van der Waals surface area contributed by atoms with Crippen LogP contribution in [-0.2, 0) is 35.8 Å². The first kappa shape index (κ1) is 25.9. The first-order valence-electron chi connectivity index (χ1n) is 12.4. The molecule has 0 aliphatic carbocycles. The number of rotatable bonds is 11. The molecule has 0 fully saturated rings. The molecule has 3 aromatic carbocycles. The molecule has 0 unspecified atom stereocenters. The smallest absolute Gasteiger partial charge is 0.306 e. The lowest BCUT2D eigenvalue weighted by Crippen LogP contribution is -2.10. The van der Waals surface area contributed by atoms with Crippen LogP contribution < -0.4 is 9.47 Å². The van der Waals surface area contributed by atoms with Gasteiger partial charge in [0.25, 0.3) is 0 Å². The van der Waals surface area contributed by atoms with Crippen LogP contribution in [-0.4, -0.2) is 15.9 Å². The average Bonchev–Trinajstić information content (AvgIpc) is 2.92. The number of nitrogens with zero attached hydrogens (tertiary/aromatic N) is 2. The molecule has 6 heteroatoms. The van der Waals surface area contributed by atoms with Crippen LogP contribution in [0.25, 0.3) is 0 Å². The van der Waals surface area contributed by atoms with E-state index in [0.717, 1.165) is 33.8 Å². The van der Waals surface area contributed by atoms with Crippen LogP contribution in [0.2, 0.25) is 0 Å². The van der Waals surface area contributed by atoms with Gasteiger partial charge in [0.05, 0.1) is 22.8 Å². The maximum absolute atomic E-state index is 12.4. The summed E-state index contributed by atoms with van der Waals surface area (Å²) in [4.78, 5) is 21.4. The van der Waals surface area contributed by atoms with Gasteiger partial charge in [-0.3, -0.25) is 14.8 Å². The van der Waals surface area contributed by atoms with Crippen molar-refractivity contribution < 1.29 is 19.0 Å². The third-order valence-electron chi connectivity index (χ3n) is 6.05. The van der Waals surface area contributed by atoms with Gasteiger partial charge in [-0.2, -0.15) is 0 Å². The zero-order valence-electron chi connectivity index (χ0n) is 21.6. The minimum atomic E-state index is -0.282. The summed E-state index contributed by atoms with van der Waals surface area (Å²) in [6.07, 6.45) is 0.775. The van der Waals surface area contributed by atoms with Crippen molar-refractivity contribution >= 4 is 5.97 Å². The van der Waals surface area contributed by atoms with E-state index >= 15 is 0 Å². The predicted octanol–water partition coefficient (Wildman–Crippen LogP) is 6.24. The first-order valence-corrected chi connectivity index (χ1v) is 12.4. The molecule has 37 heavy (non-hydrogen) atoms. The number of hydrogen-bond donors (Lipinski definition) is 0. The molecule has 4 aromatic rings. The summed E-state index contributed by atoms with van der Waals surface area (Å²) < 4.78 is 17.7. The van der Waals surface area contributed by atoms with Gasteiger partial charge in [-0.25, -0.2) is 0 Å². The van der Waals surface area contributed by atoms with Crippen LogP contribution in [0.4, 0.5) is 0 Å². The molecule has 6 nitrogen and oxygen atoms in total. The fourth-order valence-electron chi connectivity index (χ4n) is 3.78. The summed E-state index contributed by atoms with van der Waals surface area (Å²) in [5.41, 5.74) is 6.30. The van der Waals surface area contributed by atoms with E-state index in [0.29, 0.717) is 36.8 Å². The Morgan fingerprint density at radius 1 is 0.649 bits per heavy atom. The molecular formula is C31H32N2O4. The van der Waals surface area contributed by atoms with Gasteiger partial charge in [0.1, 0.15) is 19.8 Å². The normalized spacial score (nSPS) is 10.7. The van der Waals surface area contributed by atoms with E-state index in [9.17, 15) is 4.79 Å². The second kappa shape index (κ2) is 12.7. The highest BCUT2D eigenvalue weighted by Crippen LogP contribution is 2.30. The second-order valence-electron chi connectivity index (χ2n) is 8.92. The van der Waals surface area contributed by atoms with Crippen molar-refractivity contribution in [2.45, 2.75) is 53.4 Å². The monoisotopic (exact) mass is 496 g/mol. The largest absolute Gasteiger partial charge is 0.485 e. The number of carbonyl (C=O) groups excluding carboxylic acids is 1. The number of hydrogen-bond acceptors (Lipinski definition) is 6. The standard InChI is InChI=1S/C31H32N2O4/c1-22-23(2)33-28(24(3)32-22)21-37-31(34)17-15-25-14-16-29(35-19-26-10-6-4-7-11-26)30(18-25)36-20-27-12-8-5-9-13-27/h4-14,16,18H,15,17,19-21H2,1-3H3. The van der Waals surface area contributed by atoms with Gasteiger partial charge in [-0.15, -0.1) is 0 Å². The molecule has 190 valence electrons. The highest BCUT2D eigenvalue weighted by Gasteiger charge is 2.12. The molecule has 0 aliphatic rings. The summed E-state index contributed by atoms with van der Waals surface area (Å²) >= 11 is 0. The Morgan fingerprint density at radius 3 is 1.89 bits per heavy atom. The Morgan fingerprint density at radius 2 is 1.24 bits per heavy atom. The third kappa shape index (κ3) is 7.64. The molecule has 4 rings (SSSR count). The van der Waals surface area contributed by atoms with Crippen molar-refractivity contribution in [3.05, 3.63) is 118 Å². The number of esters is 1. The lowest BCUT2D eigenvalue weighted by Gasteiger charge is -2.15. The maximum Gasteiger partial charge on any atom is 0.306 e. The highest BCUT2D eigenvalue weighted by molar-refractivity contribution is 5.69. The highest BCUT2D eigenvalue weighted by atomic mass is 16.5. The summed E-state index contributed by atoms with van der Waals surface area (Å²) in [6.45, 7) is 6.68. The second-order valence-corrected chi connectivity index (χ2v) is 8.92. The van der Waals surface area contributed by atoms with Gasteiger partial charge in [0, 0.05) is 6.42 Å². The Balaban J connectivity index is 1.38. The molecule has 0 saturated heterocycles. The summed E-state index contributed by atoms with van der Waals surface area (Å²) in [7, 11) is 0. The molecule has 1 heterocycles. The Kier molecular flexibility index (Phi) is 8.87. The average molecular weight is 497 g/mol. The van der Waals surface area contributed by atoms with Crippen LogP contribution in [0.3, 0.4) is 0 Å². The molecule has 0 amide bonds. The minimum Gasteiger partial charge on any atom is -0.485 e. The Bertz CT molecular complexity index is 1320. The molecule has 0 bridgehead atoms.